The number of fused-ring (bicyclic) bond motifs is 3. The molecule has 1 aromatic carbocycles. The fourth-order valence-electron chi connectivity index (χ4n) is 6.48. The Bertz CT molecular complexity index is 1600. The lowest BCUT2D eigenvalue weighted by Crippen LogP contribution is -2.63. The molecule has 3 aliphatic rings. The molecule has 0 bridgehead atoms. The van der Waals surface area contributed by atoms with E-state index in [4.69, 9.17) is 5.73 Å². The molecule has 2 aromatic rings. The van der Waals surface area contributed by atoms with Crippen molar-refractivity contribution in [2.75, 3.05) is 33.1 Å². The predicted molar refractivity (Wildman–Crippen MR) is 151 cm³/mol. The predicted octanol–water partition coefficient (Wildman–Crippen LogP) is 0.573. The number of carbonyl (C=O) groups excluding carboxylic acids is 4. The number of anilines is 1. The van der Waals surface area contributed by atoms with E-state index in [1.54, 1.807) is 45.2 Å². The lowest BCUT2D eigenvalue weighted by molar-refractivity contribution is -0.148. The smallest absolute Gasteiger partial charge is 0.263 e. The minimum Gasteiger partial charge on any atom is -0.510 e. The maximum atomic E-state index is 14.1. The molecule has 5 rings (SSSR count). The zero-order valence-corrected chi connectivity index (χ0v) is 24.2. The Morgan fingerprint density at radius 1 is 1.19 bits per heavy atom. The summed E-state index contributed by atoms with van der Waals surface area (Å²) < 4.78 is 3.90. The summed E-state index contributed by atoms with van der Waals surface area (Å²) in [5.74, 6) is -7.55. The van der Waals surface area contributed by atoms with Crippen LogP contribution in [0.3, 0.4) is 0 Å². The van der Waals surface area contributed by atoms with E-state index in [-0.39, 0.29) is 36.1 Å². The highest BCUT2D eigenvalue weighted by Crippen LogP contribution is 2.53. The van der Waals surface area contributed by atoms with Gasteiger partial charge in [0.2, 0.25) is 5.78 Å². The summed E-state index contributed by atoms with van der Waals surface area (Å²) in [6.07, 6.45) is 1.63. The molecule has 1 aromatic heterocycles. The molecule has 0 fully saturated rings. The number of nitrogens with zero attached hydrogens (tertiary/aromatic N) is 3. The molecular formula is C28H31N5O8S. The topological polar surface area (TPSA) is 207 Å². The fourth-order valence-corrected chi connectivity index (χ4v) is 6.99. The molecule has 0 saturated heterocycles. The van der Waals surface area contributed by atoms with Crippen LogP contribution in [0.25, 0.3) is 0 Å². The summed E-state index contributed by atoms with van der Waals surface area (Å²) in [5, 5.41) is 48.2. The van der Waals surface area contributed by atoms with Crippen LogP contribution in [0.2, 0.25) is 0 Å². The molecule has 14 heteroatoms. The van der Waals surface area contributed by atoms with Crippen molar-refractivity contribution in [2.45, 2.75) is 31.0 Å². The molecule has 0 saturated carbocycles. The highest BCUT2D eigenvalue weighted by Gasteiger charge is 2.63. The van der Waals surface area contributed by atoms with E-state index in [2.05, 4.69) is 9.69 Å². The summed E-state index contributed by atoms with van der Waals surface area (Å²) in [4.78, 5) is 55.8. The second kappa shape index (κ2) is 10.2. The van der Waals surface area contributed by atoms with Crippen LogP contribution in [0, 0.1) is 11.8 Å². The zero-order chi connectivity index (χ0) is 30.8. The number of ketones is 2. The second-order valence-electron chi connectivity index (χ2n) is 11.2. The monoisotopic (exact) mass is 597 g/mol. The zero-order valence-electron chi connectivity index (χ0n) is 23.3. The number of primary amides is 1. The van der Waals surface area contributed by atoms with Crippen LogP contribution in [0.15, 0.2) is 41.0 Å². The highest BCUT2D eigenvalue weighted by atomic mass is 32.1. The van der Waals surface area contributed by atoms with E-state index in [0.29, 0.717) is 16.1 Å². The van der Waals surface area contributed by atoms with Gasteiger partial charge in [-0.15, -0.1) is 0 Å². The van der Waals surface area contributed by atoms with Crippen molar-refractivity contribution in [1.82, 2.24) is 14.6 Å². The number of amides is 2. The largest absolute Gasteiger partial charge is 0.510 e. The number of hydrogen-bond donors (Lipinski definition) is 6. The molecule has 222 valence electrons. The van der Waals surface area contributed by atoms with E-state index in [0.717, 1.165) is 11.5 Å². The van der Waals surface area contributed by atoms with Gasteiger partial charge in [0.25, 0.3) is 11.8 Å². The van der Waals surface area contributed by atoms with Crippen molar-refractivity contribution < 1.29 is 39.6 Å². The lowest BCUT2D eigenvalue weighted by Gasteiger charge is -2.50. The third-order valence-corrected chi connectivity index (χ3v) is 9.11. The third-order valence-electron chi connectivity index (χ3n) is 8.36. The number of likely N-dealkylation sites (N-methyl/N-ethyl adjacent to an activating group) is 1. The number of benzene rings is 1. The Morgan fingerprint density at radius 2 is 1.88 bits per heavy atom. The molecule has 0 spiro atoms. The Balaban J connectivity index is 1.64. The maximum Gasteiger partial charge on any atom is 0.263 e. The molecule has 4 unspecified atom stereocenters. The van der Waals surface area contributed by atoms with Gasteiger partial charge in [-0.25, -0.2) is 4.37 Å². The number of Topliss-reactive ketones (excluding diaryl/α,β-unsaturated/α-hetero) is 2. The number of aliphatic hydroxyl groups is 3. The SMILES string of the molecule is CN(C)c1cc(CNC(=O)c2ccns2)c(O)c2c1CC1CC3C(N(C)C)C(O)=C(C(N)=O)C(=O)C3(O)C(O)=C1C2=O. The number of phenols is 1. The van der Waals surface area contributed by atoms with E-state index < -0.39 is 69.7 Å². The van der Waals surface area contributed by atoms with Crippen LogP contribution in [0.4, 0.5) is 5.69 Å². The van der Waals surface area contributed by atoms with Crippen LogP contribution < -0.4 is 16.0 Å². The van der Waals surface area contributed by atoms with Crippen LogP contribution >= 0.6 is 11.5 Å². The van der Waals surface area contributed by atoms with Gasteiger partial charge in [-0.05, 0) is 62.1 Å². The average Bonchev–Trinajstić information content (AvgIpc) is 3.45. The number of rotatable bonds is 6. The first-order chi connectivity index (χ1) is 19.7. The first-order valence-electron chi connectivity index (χ1n) is 13.1. The van der Waals surface area contributed by atoms with Gasteiger partial charge < -0.3 is 36.4 Å². The van der Waals surface area contributed by atoms with E-state index >= 15 is 0 Å². The normalized spacial score (nSPS) is 25.2. The van der Waals surface area contributed by atoms with Crippen molar-refractivity contribution in [3.05, 3.63) is 62.6 Å². The van der Waals surface area contributed by atoms with Crippen LogP contribution in [-0.4, -0.2) is 92.9 Å². The Kier molecular flexibility index (Phi) is 7.11. The first kappa shape index (κ1) is 29.2. The second-order valence-corrected chi connectivity index (χ2v) is 12.0. The molecule has 4 atom stereocenters. The Morgan fingerprint density at radius 3 is 2.45 bits per heavy atom. The number of nitrogens with one attached hydrogen (secondary N) is 1. The lowest BCUT2D eigenvalue weighted by atomic mass is 9.58. The number of carbonyl (C=O) groups is 4. The minimum absolute atomic E-state index is 0.00789. The van der Waals surface area contributed by atoms with Gasteiger partial charge in [0.1, 0.15) is 27.7 Å². The van der Waals surface area contributed by atoms with E-state index in [1.165, 1.54) is 11.1 Å². The quantitative estimate of drug-likeness (QED) is 0.254. The van der Waals surface area contributed by atoms with Crippen molar-refractivity contribution >= 4 is 40.6 Å². The van der Waals surface area contributed by atoms with Gasteiger partial charge in [-0.1, -0.05) is 0 Å². The number of aliphatic hydroxyl groups excluding tert-OH is 2. The van der Waals surface area contributed by atoms with E-state index in [9.17, 15) is 39.6 Å². The molecule has 3 aliphatic carbocycles. The third kappa shape index (κ3) is 4.16. The van der Waals surface area contributed by atoms with Crippen molar-refractivity contribution in [3.8, 4) is 5.75 Å². The summed E-state index contributed by atoms with van der Waals surface area (Å²) in [7, 11) is 6.67. The molecule has 1 heterocycles. The maximum absolute atomic E-state index is 14.1. The van der Waals surface area contributed by atoms with Gasteiger partial charge >= 0.3 is 0 Å². The molecule has 13 nitrogen and oxygen atoms in total. The van der Waals surface area contributed by atoms with Crippen molar-refractivity contribution in [3.63, 3.8) is 0 Å². The number of allylic oxidation sites excluding steroid dienone is 1. The Hall–Kier alpha value is -4.27. The first-order valence-corrected chi connectivity index (χ1v) is 13.9. The van der Waals surface area contributed by atoms with Crippen molar-refractivity contribution in [2.24, 2.45) is 17.6 Å². The van der Waals surface area contributed by atoms with Gasteiger partial charge in [-0.2, -0.15) is 0 Å². The van der Waals surface area contributed by atoms with E-state index in [1.807, 2.05) is 0 Å². The summed E-state index contributed by atoms with van der Waals surface area (Å²) in [6, 6.07) is 2.15. The van der Waals surface area contributed by atoms with Gasteiger partial charge in [0.05, 0.1) is 11.6 Å². The number of phenolic OH excluding ortho intramolecular Hbond substituents is 1. The Labute approximate surface area is 244 Å². The average molecular weight is 598 g/mol. The molecule has 7 N–H and O–H groups in total. The summed E-state index contributed by atoms with van der Waals surface area (Å²) in [6.45, 7) is -0.126. The van der Waals surface area contributed by atoms with Gasteiger partial charge in [0, 0.05) is 49.6 Å². The molecular weight excluding hydrogens is 566 g/mol. The van der Waals surface area contributed by atoms with Gasteiger partial charge in [0.15, 0.2) is 11.4 Å². The number of aromatic hydroxyl groups is 1. The molecule has 42 heavy (non-hydrogen) atoms. The number of hydrogen-bond acceptors (Lipinski definition) is 12. The van der Waals surface area contributed by atoms with Crippen molar-refractivity contribution in [1.29, 1.82) is 0 Å². The van der Waals surface area contributed by atoms with Crippen LogP contribution in [0.1, 0.15) is 37.6 Å². The molecule has 0 radical (unpaired) electrons. The number of nitrogens with two attached hydrogens (primary N) is 1. The number of aromatic nitrogens is 1. The fraction of sp³-hybridized carbons (Fsp3) is 0.393. The minimum atomic E-state index is -2.72. The van der Waals surface area contributed by atoms with Gasteiger partial charge in [-0.3, -0.25) is 24.1 Å². The molecule has 2 amide bonds. The van der Waals surface area contributed by atoms with Crippen LogP contribution in [0.5, 0.6) is 5.75 Å². The summed E-state index contributed by atoms with van der Waals surface area (Å²) >= 11 is 1.00. The molecule has 0 aliphatic heterocycles. The van der Waals surface area contributed by atoms with Crippen LogP contribution in [-0.2, 0) is 22.6 Å². The standard InChI is InChI=1S/C28H31N5O8S/c1-32(2)15-9-12(10-30-27(40)16-5-6-31-42-16)21(34)18-13(15)7-11-8-14-20(33(3)4)23(36)19(26(29)39)25(38)28(14,41)24(37)17(11)22(18)35/h5-6,9,11,14,20,34,36-37,41H,7-8,10H2,1-4H3,(H2,29,39)(H,30,40). The highest BCUT2D eigenvalue weighted by molar-refractivity contribution is 7.08. The summed E-state index contributed by atoms with van der Waals surface area (Å²) in [5.41, 5.74) is 2.76.